The maximum absolute atomic E-state index is 12.5. The molecule has 0 unspecified atom stereocenters. The van der Waals surface area contributed by atoms with Crippen molar-refractivity contribution in [2.75, 3.05) is 13.3 Å². The van der Waals surface area contributed by atoms with Crippen LogP contribution in [-0.4, -0.2) is 34.6 Å². The van der Waals surface area contributed by atoms with Gasteiger partial charge in [-0.05, 0) is 48.4 Å². The number of nitrogens with one attached hydrogen (secondary N) is 1. The van der Waals surface area contributed by atoms with Crippen LogP contribution >= 0.6 is 0 Å². The fourth-order valence-corrected chi connectivity index (χ4v) is 3.80. The van der Waals surface area contributed by atoms with Gasteiger partial charge in [-0.1, -0.05) is 19.9 Å². The molecule has 1 aliphatic heterocycles. The van der Waals surface area contributed by atoms with Crippen LogP contribution in [0.5, 0.6) is 11.5 Å². The summed E-state index contributed by atoms with van der Waals surface area (Å²) in [7, 11) is 0. The van der Waals surface area contributed by atoms with Gasteiger partial charge in [0.25, 0.3) is 5.91 Å². The Morgan fingerprint density at radius 1 is 1.09 bits per heavy atom. The molecule has 0 saturated heterocycles. The van der Waals surface area contributed by atoms with Gasteiger partial charge in [0.1, 0.15) is 5.76 Å². The number of amides is 2. The molecule has 8 heteroatoms. The molecule has 0 bridgehead atoms. The van der Waals surface area contributed by atoms with Gasteiger partial charge in [-0.15, -0.1) is 0 Å². The number of nitrogens with zero attached hydrogens (tertiary/aromatic N) is 2. The van der Waals surface area contributed by atoms with E-state index in [0.29, 0.717) is 43.3 Å². The van der Waals surface area contributed by atoms with Crippen LogP contribution in [0.4, 0.5) is 0 Å². The summed E-state index contributed by atoms with van der Waals surface area (Å²) in [5.74, 6) is 2.18. The number of carbonyl (C=O) groups is 2. The molecule has 0 atom stereocenters. The lowest BCUT2D eigenvalue weighted by molar-refractivity contribution is -0.131. The predicted molar refractivity (Wildman–Crippen MR) is 122 cm³/mol. The molecule has 2 amide bonds. The largest absolute Gasteiger partial charge is 0.454 e. The molecule has 0 spiro atoms. The molecule has 3 aromatic rings. The second-order valence-electron chi connectivity index (χ2n) is 7.93. The Labute approximate surface area is 193 Å². The van der Waals surface area contributed by atoms with Crippen molar-refractivity contribution in [3.8, 4) is 11.5 Å². The predicted octanol–water partition coefficient (Wildman–Crippen LogP) is 3.94. The Morgan fingerprint density at radius 2 is 1.94 bits per heavy atom. The van der Waals surface area contributed by atoms with Gasteiger partial charge in [0.2, 0.25) is 12.7 Å². The van der Waals surface area contributed by atoms with Crippen LogP contribution in [0.25, 0.3) is 0 Å². The molecule has 4 rings (SSSR count). The fraction of sp³-hybridized carbons (Fsp3) is 0.360. The summed E-state index contributed by atoms with van der Waals surface area (Å²) in [4.78, 5) is 26.7. The maximum atomic E-state index is 12.5. The molecule has 1 aliphatic rings. The Bertz CT molecular complexity index is 1120. The van der Waals surface area contributed by atoms with E-state index in [4.69, 9.17) is 13.9 Å². The zero-order chi connectivity index (χ0) is 23.2. The van der Waals surface area contributed by atoms with Crippen LogP contribution in [0.1, 0.15) is 54.3 Å². The molecular formula is C25H29N3O5. The van der Waals surface area contributed by atoms with E-state index in [2.05, 4.69) is 12.2 Å². The van der Waals surface area contributed by atoms with Crippen molar-refractivity contribution in [3.63, 3.8) is 0 Å². The van der Waals surface area contributed by atoms with Crippen LogP contribution < -0.4 is 14.8 Å². The first kappa shape index (κ1) is 22.5. The van der Waals surface area contributed by atoms with Crippen LogP contribution in [0.15, 0.2) is 53.1 Å². The number of ether oxygens (including phenoxy) is 2. The Kier molecular flexibility index (Phi) is 7.02. The smallest absolute Gasteiger partial charge is 0.287 e. The maximum Gasteiger partial charge on any atom is 0.287 e. The third-order valence-electron chi connectivity index (χ3n) is 5.53. The summed E-state index contributed by atoms with van der Waals surface area (Å²) in [6.07, 6.45) is 3.36. The van der Waals surface area contributed by atoms with Crippen molar-refractivity contribution in [1.82, 2.24) is 14.8 Å². The lowest BCUT2D eigenvalue weighted by Gasteiger charge is -2.22. The third kappa shape index (κ3) is 5.39. The molecule has 2 aromatic heterocycles. The quantitative estimate of drug-likeness (QED) is 0.505. The van der Waals surface area contributed by atoms with E-state index in [-0.39, 0.29) is 24.4 Å². The lowest BCUT2D eigenvalue weighted by Crippen LogP contribution is -2.31. The first-order chi connectivity index (χ1) is 16.1. The van der Waals surface area contributed by atoms with Crippen molar-refractivity contribution < 1.29 is 23.5 Å². The second-order valence-corrected chi connectivity index (χ2v) is 7.93. The number of hydrogen-bond donors (Lipinski definition) is 1. The standard InChI is InChI=1S/C25H29N3O5/c1-3-11-28(24(29)4-2)15-19-6-5-12-27(19)16-20-8-10-22(33-20)25(30)26-14-18-7-9-21-23(13-18)32-17-31-21/h5-10,12-13H,3-4,11,14-17H2,1-2H3,(H,26,30). The SMILES string of the molecule is CCCN(Cc1cccn1Cc1ccc(C(=O)NCc2ccc3c(c2)OCO3)o1)C(=O)CC. The van der Waals surface area contributed by atoms with Crippen LogP contribution in [-0.2, 0) is 24.4 Å². The Hall–Kier alpha value is -3.68. The minimum Gasteiger partial charge on any atom is -0.454 e. The van der Waals surface area contributed by atoms with E-state index >= 15 is 0 Å². The normalized spacial score (nSPS) is 12.1. The molecule has 3 heterocycles. The summed E-state index contributed by atoms with van der Waals surface area (Å²) in [6, 6.07) is 13.0. The number of aromatic nitrogens is 1. The molecule has 8 nitrogen and oxygen atoms in total. The number of fused-ring (bicyclic) bond motifs is 1. The van der Waals surface area contributed by atoms with Crippen molar-refractivity contribution in [2.45, 2.75) is 46.3 Å². The van der Waals surface area contributed by atoms with Gasteiger partial charge in [0.05, 0.1) is 13.1 Å². The fourth-order valence-electron chi connectivity index (χ4n) is 3.80. The van der Waals surface area contributed by atoms with Gasteiger partial charge in [0, 0.05) is 31.4 Å². The summed E-state index contributed by atoms with van der Waals surface area (Å²) in [5.41, 5.74) is 1.94. The van der Waals surface area contributed by atoms with E-state index in [0.717, 1.165) is 24.2 Å². The van der Waals surface area contributed by atoms with E-state index in [1.165, 1.54) is 0 Å². The highest BCUT2D eigenvalue weighted by Crippen LogP contribution is 2.32. The lowest BCUT2D eigenvalue weighted by atomic mass is 10.2. The molecular weight excluding hydrogens is 422 g/mol. The molecule has 1 N–H and O–H groups in total. The average Bonchev–Trinajstić information content (AvgIpc) is 3.58. The zero-order valence-electron chi connectivity index (χ0n) is 19.0. The second kappa shape index (κ2) is 10.3. The molecule has 1 aromatic carbocycles. The number of hydrogen-bond acceptors (Lipinski definition) is 5. The summed E-state index contributed by atoms with van der Waals surface area (Å²) in [6.45, 7) is 6.28. The van der Waals surface area contributed by atoms with Gasteiger partial charge in [-0.2, -0.15) is 0 Å². The highest BCUT2D eigenvalue weighted by atomic mass is 16.7. The van der Waals surface area contributed by atoms with E-state index in [1.807, 2.05) is 52.9 Å². The van der Waals surface area contributed by atoms with E-state index in [1.54, 1.807) is 12.1 Å². The third-order valence-corrected chi connectivity index (χ3v) is 5.53. The molecule has 0 radical (unpaired) electrons. The highest BCUT2D eigenvalue weighted by Gasteiger charge is 2.17. The van der Waals surface area contributed by atoms with Gasteiger partial charge in [-0.3, -0.25) is 9.59 Å². The first-order valence-corrected chi connectivity index (χ1v) is 11.2. The summed E-state index contributed by atoms with van der Waals surface area (Å²) >= 11 is 0. The number of rotatable bonds is 10. The molecule has 174 valence electrons. The zero-order valence-corrected chi connectivity index (χ0v) is 19.0. The monoisotopic (exact) mass is 451 g/mol. The minimum atomic E-state index is -0.283. The molecule has 0 aliphatic carbocycles. The Balaban J connectivity index is 1.35. The van der Waals surface area contributed by atoms with Crippen LogP contribution in [0.3, 0.4) is 0 Å². The molecule has 0 saturated carbocycles. The first-order valence-electron chi connectivity index (χ1n) is 11.2. The van der Waals surface area contributed by atoms with Gasteiger partial charge < -0.3 is 28.7 Å². The Morgan fingerprint density at radius 3 is 2.76 bits per heavy atom. The van der Waals surface area contributed by atoms with Crippen molar-refractivity contribution in [3.05, 3.63) is 71.4 Å². The number of furan rings is 1. The number of benzene rings is 1. The minimum absolute atomic E-state index is 0.143. The van der Waals surface area contributed by atoms with Gasteiger partial charge in [0.15, 0.2) is 17.3 Å². The number of carbonyl (C=O) groups excluding carboxylic acids is 2. The highest BCUT2D eigenvalue weighted by molar-refractivity contribution is 5.91. The van der Waals surface area contributed by atoms with Gasteiger partial charge >= 0.3 is 0 Å². The van der Waals surface area contributed by atoms with Crippen LogP contribution in [0.2, 0.25) is 0 Å². The van der Waals surface area contributed by atoms with E-state index < -0.39 is 0 Å². The average molecular weight is 452 g/mol. The van der Waals surface area contributed by atoms with E-state index in [9.17, 15) is 9.59 Å². The molecule has 33 heavy (non-hydrogen) atoms. The summed E-state index contributed by atoms with van der Waals surface area (Å²) < 4.78 is 18.5. The van der Waals surface area contributed by atoms with Gasteiger partial charge in [-0.25, -0.2) is 0 Å². The topological polar surface area (TPSA) is 85.9 Å². The van der Waals surface area contributed by atoms with Crippen LogP contribution in [0, 0.1) is 0 Å². The van der Waals surface area contributed by atoms with Crippen molar-refractivity contribution in [1.29, 1.82) is 0 Å². The van der Waals surface area contributed by atoms with Crippen molar-refractivity contribution >= 4 is 11.8 Å². The molecule has 0 fully saturated rings. The summed E-state index contributed by atoms with van der Waals surface area (Å²) in [5, 5.41) is 2.87. The van der Waals surface area contributed by atoms with Crippen molar-refractivity contribution in [2.24, 2.45) is 0 Å².